The van der Waals surface area contributed by atoms with Gasteiger partial charge < -0.3 is 14.8 Å². The van der Waals surface area contributed by atoms with Crippen LogP contribution in [0.2, 0.25) is 5.02 Å². The van der Waals surface area contributed by atoms with Crippen molar-refractivity contribution in [2.45, 2.75) is 24.7 Å². The van der Waals surface area contributed by atoms with Crippen molar-refractivity contribution in [2.24, 2.45) is 0 Å². The van der Waals surface area contributed by atoms with Crippen LogP contribution < -0.4 is 14.8 Å². The third-order valence-electron chi connectivity index (χ3n) is 4.67. The zero-order valence-corrected chi connectivity index (χ0v) is 14.5. The number of hydrogen-bond donors (Lipinski definition) is 1. The topological polar surface area (TPSA) is 47.6 Å². The van der Waals surface area contributed by atoms with Gasteiger partial charge in [0.15, 0.2) is 0 Å². The number of methoxy groups -OCH3 is 2. The maximum absolute atomic E-state index is 13.0. The molecule has 1 amide bonds. The Balaban J connectivity index is 1.91. The first-order valence-corrected chi connectivity index (χ1v) is 8.26. The minimum atomic E-state index is -0.529. The summed E-state index contributed by atoms with van der Waals surface area (Å²) in [7, 11) is 3.17. The van der Waals surface area contributed by atoms with E-state index in [2.05, 4.69) is 5.32 Å². The van der Waals surface area contributed by atoms with Crippen molar-refractivity contribution in [3.8, 4) is 11.5 Å². The molecule has 0 spiro atoms. The first kappa shape index (κ1) is 16.7. The Morgan fingerprint density at radius 1 is 1.12 bits per heavy atom. The van der Waals surface area contributed by atoms with Gasteiger partial charge in [-0.15, -0.1) is 0 Å². The van der Waals surface area contributed by atoms with Gasteiger partial charge in [0.1, 0.15) is 11.5 Å². The van der Waals surface area contributed by atoms with Crippen molar-refractivity contribution < 1.29 is 14.3 Å². The van der Waals surface area contributed by atoms with Crippen LogP contribution in [0, 0.1) is 0 Å². The van der Waals surface area contributed by atoms with Gasteiger partial charge in [0, 0.05) is 11.1 Å². The monoisotopic (exact) mass is 345 g/mol. The molecule has 0 unspecified atom stereocenters. The third-order valence-corrected chi connectivity index (χ3v) is 4.91. The number of hydrogen-bond acceptors (Lipinski definition) is 3. The Morgan fingerprint density at radius 2 is 1.92 bits per heavy atom. The fraction of sp³-hybridized carbons (Fsp3) is 0.316. The van der Waals surface area contributed by atoms with Crippen molar-refractivity contribution in [1.82, 2.24) is 0 Å². The molecule has 3 rings (SSSR count). The maximum atomic E-state index is 13.0. The number of ether oxygens (including phenoxy) is 2. The number of carbonyl (C=O) groups excluding carboxylic acids is 1. The molecule has 24 heavy (non-hydrogen) atoms. The summed E-state index contributed by atoms with van der Waals surface area (Å²) in [6, 6.07) is 12.9. The first-order valence-electron chi connectivity index (χ1n) is 7.88. The van der Waals surface area contributed by atoms with Crippen molar-refractivity contribution in [3.05, 3.63) is 53.1 Å². The number of halogens is 1. The van der Waals surface area contributed by atoms with Gasteiger partial charge in [0.05, 0.1) is 25.3 Å². The average Bonchev–Trinajstić information content (AvgIpc) is 2.54. The summed E-state index contributed by atoms with van der Waals surface area (Å²) >= 11 is 6.12. The van der Waals surface area contributed by atoms with Crippen LogP contribution in [0.25, 0.3) is 0 Å². The molecule has 1 N–H and O–H groups in total. The molecule has 0 radical (unpaired) electrons. The van der Waals surface area contributed by atoms with E-state index in [1.807, 2.05) is 24.3 Å². The highest BCUT2D eigenvalue weighted by atomic mass is 35.5. The summed E-state index contributed by atoms with van der Waals surface area (Å²) in [6.07, 6.45) is 2.64. The molecular weight excluding hydrogens is 326 g/mol. The fourth-order valence-corrected chi connectivity index (χ4v) is 3.31. The molecule has 2 aromatic rings. The Morgan fingerprint density at radius 3 is 2.50 bits per heavy atom. The quantitative estimate of drug-likeness (QED) is 0.872. The van der Waals surface area contributed by atoms with Crippen LogP contribution in [0.3, 0.4) is 0 Å². The van der Waals surface area contributed by atoms with Gasteiger partial charge in [-0.2, -0.15) is 0 Å². The van der Waals surface area contributed by atoms with E-state index in [9.17, 15) is 4.79 Å². The van der Waals surface area contributed by atoms with Gasteiger partial charge in [-0.25, -0.2) is 0 Å². The van der Waals surface area contributed by atoms with Crippen LogP contribution in [0.4, 0.5) is 5.69 Å². The Kier molecular flexibility index (Phi) is 4.67. The summed E-state index contributed by atoms with van der Waals surface area (Å²) < 4.78 is 10.6. The maximum Gasteiger partial charge on any atom is 0.235 e. The highest BCUT2D eigenvalue weighted by Crippen LogP contribution is 2.45. The second-order valence-electron chi connectivity index (χ2n) is 5.97. The third kappa shape index (κ3) is 2.94. The van der Waals surface area contributed by atoms with Crippen LogP contribution in [0.1, 0.15) is 24.8 Å². The van der Waals surface area contributed by atoms with Crippen molar-refractivity contribution in [1.29, 1.82) is 0 Å². The molecule has 4 nitrogen and oxygen atoms in total. The molecule has 5 heteroatoms. The molecule has 2 aromatic carbocycles. The van der Waals surface area contributed by atoms with Crippen LogP contribution in [-0.4, -0.2) is 20.1 Å². The predicted molar refractivity (Wildman–Crippen MR) is 95.2 cm³/mol. The Labute approximate surface area is 146 Å². The minimum Gasteiger partial charge on any atom is -0.497 e. The largest absolute Gasteiger partial charge is 0.497 e. The van der Waals surface area contributed by atoms with E-state index in [4.69, 9.17) is 21.1 Å². The summed E-state index contributed by atoms with van der Waals surface area (Å²) in [5.74, 6) is 1.23. The lowest BCUT2D eigenvalue weighted by Gasteiger charge is -2.40. The second-order valence-corrected chi connectivity index (χ2v) is 6.40. The number of carbonyl (C=O) groups is 1. The van der Waals surface area contributed by atoms with E-state index in [1.54, 1.807) is 32.4 Å². The van der Waals surface area contributed by atoms with Gasteiger partial charge in [-0.05, 0) is 42.7 Å². The van der Waals surface area contributed by atoms with Gasteiger partial charge >= 0.3 is 0 Å². The second kappa shape index (κ2) is 6.73. The molecular formula is C19H20ClNO3. The van der Waals surface area contributed by atoms with Gasteiger partial charge in [0.25, 0.3) is 0 Å². The Hall–Kier alpha value is -2.20. The minimum absolute atomic E-state index is 0.0393. The molecule has 0 aromatic heterocycles. The normalized spacial score (nSPS) is 15.3. The summed E-state index contributed by atoms with van der Waals surface area (Å²) in [5.41, 5.74) is 1.04. The number of rotatable bonds is 5. The van der Waals surface area contributed by atoms with Crippen LogP contribution in [-0.2, 0) is 10.2 Å². The highest BCUT2D eigenvalue weighted by Gasteiger charge is 2.45. The summed E-state index contributed by atoms with van der Waals surface area (Å²) in [4.78, 5) is 13.0. The molecule has 0 saturated heterocycles. The van der Waals surface area contributed by atoms with E-state index in [0.717, 1.165) is 24.8 Å². The van der Waals surface area contributed by atoms with Crippen molar-refractivity contribution >= 4 is 23.2 Å². The van der Waals surface area contributed by atoms with E-state index < -0.39 is 5.41 Å². The fourth-order valence-electron chi connectivity index (χ4n) is 3.12. The SMILES string of the molecule is COc1ccc(OC)c(NC(=O)C2(c3cccc(Cl)c3)CCC2)c1. The number of anilines is 1. The smallest absolute Gasteiger partial charge is 0.235 e. The predicted octanol–water partition coefficient (Wildman–Crippen LogP) is 4.42. The van der Waals surface area contributed by atoms with Crippen LogP contribution in [0.15, 0.2) is 42.5 Å². The summed E-state index contributed by atoms with van der Waals surface area (Å²) in [5, 5.41) is 3.65. The molecule has 1 aliphatic rings. The molecule has 0 aliphatic heterocycles. The highest BCUT2D eigenvalue weighted by molar-refractivity contribution is 6.30. The van der Waals surface area contributed by atoms with Crippen LogP contribution >= 0.6 is 11.6 Å². The van der Waals surface area contributed by atoms with E-state index in [1.165, 1.54) is 0 Å². The van der Waals surface area contributed by atoms with E-state index >= 15 is 0 Å². The van der Waals surface area contributed by atoms with Gasteiger partial charge in [0.2, 0.25) is 5.91 Å². The van der Waals surface area contributed by atoms with Gasteiger partial charge in [-0.3, -0.25) is 4.79 Å². The number of nitrogens with one attached hydrogen (secondary N) is 1. The lowest BCUT2D eigenvalue weighted by Crippen LogP contribution is -2.46. The molecule has 1 fully saturated rings. The average molecular weight is 346 g/mol. The molecule has 0 bridgehead atoms. The first-order chi connectivity index (χ1) is 11.6. The molecule has 0 heterocycles. The van der Waals surface area contributed by atoms with Crippen LogP contribution in [0.5, 0.6) is 11.5 Å². The van der Waals surface area contributed by atoms with Crippen molar-refractivity contribution in [3.63, 3.8) is 0 Å². The Bertz CT molecular complexity index is 756. The van der Waals surface area contributed by atoms with E-state index in [-0.39, 0.29) is 5.91 Å². The molecule has 0 atom stereocenters. The zero-order valence-electron chi connectivity index (χ0n) is 13.8. The van der Waals surface area contributed by atoms with Crippen molar-refractivity contribution in [2.75, 3.05) is 19.5 Å². The van der Waals surface area contributed by atoms with E-state index in [0.29, 0.717) is 22.2 Å². The lowest BCUT2D eigenvalue weighted by molar-refractivity contribution is -0.124. The lowest BCUT2D eigenvalue weighted by atomic mass is 9.64. The zero-order chi connectivity index (χ0) is 17.2. The summed E-state index contributed by atoms with van der Waals surface area (Å²) in [6.45, 7) is 0. The molecule has 126 valence electrons. The van der Waals surface area contributed by atoms with Gasteiger partial charge in [-0.1, -0.05) is 30.2 Å². The molecule has 1 aliphatic carbocycles. The number of amides is 1. The standard InChI is InChI=1S/C19H20ClNO3/c1-23-15-7-8-17(24-2)16(12-15)21-18(22)19(9-4-10-19)13-5-3-6-14(20)11-13/h3,5-8,11-12H,4,9-10H2,1-2H3,(H,21,22). The number of benzene rings is 2. The molecule has 1 saturated carbocycles.